The molecule has 0 aliphatic heterocycles. The largest absolute Gasteiger partial charge is 0.482 e. The van der Waals surface area contributed by atoms with Gasteiger partial charge in [0.15, 0.2) is 6.61 Å². The highest BCUT2D eigenvalue weighted by atomic mass is 16.5. The highest BCUT2D eigenvalue weighted by Gasteiger charge is 2.25. The SMILES string of the molecule is CCC(C)(C)C(=O)Nc1ccc(OCC(=O)O)cc1C. The predicted octanol–water partition coefficient (Wildman–Crippen LogP) is 2.83. The van der Waals surface area contributed by atoms with Crippen molar-refractivity contribution in [1.29, 1.82) is 0 Å². The van der Waals surface area contributed by atoms with Crippen molar-refractivity contribution in [3.8, 4) is 5.75 Å². The number of aliphatic carboxylic acids is 1. The van der Waals surface area contributed by atoms with Crippen molar-refractivity contribution in [2.75, 3.05) is 11.9 Å². The summed E-state index contributed by atoms with van der Waals surface area (Å²) in [6, 6.07) is 5.07. The summed E-state index contributed by atoms with van der Waals surface area (Å²) < 4.78 is 5.08. The molecule has 0 aromatic heterocycles. The summed E-state index contributed by atoms with van der Waals surface area (Å²) >= 11 is 0. The Labute approximate surface area is 118 Å². The van der Waals surface area contributed by atoms with Gasteiger partial charge in [-0.2, -0.15) is 0 Å². The minimum Gasteiger partial charge on any atom is -0.482 e. The molecule has 1 rings (SSSR count). The molecule has 1 amide bonds. The molecule has 2 N–H and O–H groups in total. The number of carbonyl (C=O) groups excluding carboxylic acids is 1. The smallest absolute Gasteiger partial charge is 0.341 e. The first kappa shape index (κ1) is 16.0. The van der Waals surface area contributed by atoms with Gasteiger partial charge >= 0.3 is 5.97 Å². The summed E-state index contributed by atoms with van der Waals surface area (Å²) in [5.41, 5.74) is 1.11. The van der Waals surface area contributed by atoms with Gasteiger partial charge in [0.05, 0.1) is 0 Å². The fraction of sp³-hybridized carbons (Fsp3) is 0.467. The van der Waals surface area contributed by atoms with Crippen molar-refractivity contribution < 1.29 is 19.4 Å². The molecule has 0 saturated heterocycles. The average Bonchev–Trinajstić information content (AvgIpc) is 2.38. The van der Waals surface area contributed by atoms with E-state index in [1.54, 1.807) is 18.2 Å². The van der Waals surface area contributed by atoms with Crippen LogP contribution in [0, 0.1) is 12.3 Å². The average molecular weight is 279 g/mol. The minimum absolute atomic E-state index is 0.0395. The molecule has 1 aromatic rings. The van der Waals surface area contributed by atoms with Crippen LogP contribution in [-0.4, -0.2) is 23.6 Å². The maximum absolute atomic E-state index is 12.1. The summed E-state index contributed by atoms with van der Waals surface area (Å²) in [5, 5.41) is 11.4. The minimum atomic E-state index is -1.02. The number of aryl methyl sites for hydroxylation is 1. The first-order valence-electron chi connectivity index (χ1n) is 6.53. The molecule has 0 bridgehead atoms. The summed E-state index contributed by atoms with van der Waals surface area (Å²) in [4.78, 5) is 22.5. The Kier molecular flexibility index (Phi) is 5.13. The number of carboxylic acid groups (broad SMARTS) is 1. The lowest BCUT2D eigenvalue weighted by atomic mass is 9.89. The van der Waals surface area contributed by atoms with E-state index in [4.69, 9.17) is 9.84 Å². The summed E-state index contributed by atoms with van der Waals surface area (Å²) in [6.07, 6.45) is 0.748. The first-order chi connectivity index (χ1) is 9.26. The standard InChI is InChI=1S/C15H21NO4/c1-5-15(3,4)14(19)16-12-7-6-11(8-10(12)2)20-9-13(17)18/h6-8H,5,9H2,1-4H3,(H,16,19)(H,17,18). The number of amides is 1. The first-order valence-corrected chi connectivity index (χ1v) is 6.53. The third-order valence-electron chi connectivity index (χ3n) is 3.31. The van der Waals surface area contributed by atoms with Crippen molar-refractivity contribution >= 4 is 17.6 Å². The molecule has 5 nitrogen and oxygen atoms in total. The van der Waals surface area contributed by atoms with Crippen molar-refractivity contribution in [2.45, 2.75) is 34.1 Å². The zero-order chi connectivity index (χ0) is 15.3. The van der Waals surface area contributed by atoms with E-state index in [0.717, 1.165) is 12.0 Å². The number of anilines is 1. The lowest BCUT2D eigenvalue weighted by Crippen LogP contribution is -2.30. The van der Waals surface area contributed by atoms with Gasteiger partial charge in [-0.1, -0.05) is 20.8 Å². The molecule has 0 radical (unpaired) electrons. The van der Waals surface area contributed by atoms with Crippen molar-refractivity contribution in [2.24, 2.45) is 5.41 Å². The lowest BCUT2D eigenvalue weighted by molar-refractivity contribution is -0.139. The third kappa shape index (κ3) is 4.26. The molecule has 0 fully saturated rings. The molecule has 0 aliphatic rings. The third-order valence-corrected chi connectivity index (χ3v) is 3.31. The van der Waals surface area contributed by atoms with Gasteiger partial charge in [-0.05, 0) is 37.1 Å². The van der Waals surface area contributed by atoms with Crippen LogP contribution in [0.1, 0.15) is 32.8 Å². The maximum Gasteiger partial charge on any atom is 0.341 e. The van der Waals surface area contributed by atoms with E-state index in [1.807, 2.05) is 27.7 Å². The highest BCUT2D eigenvalue weighted by molar-refractivity contribution is 5.95. The van der Waals surface area contributed by atoms with Crippen LogP contribution in [-0.2, 0) is 9.59 Å². The molecule has 0 spiro atoms. The molecule has 0 atom stereocenters. The Bertz CT molecular complexity index is 509. The second-order valence-electron chi connectivity index (χ2n) is 5.35. The van der Waals surface area contributed by atoms with Gasteiger partial charge in [0, 0.05) is 11.1 Å². The second-order valence-corrected chi connectivity index (χ2v) is 5.35. The molecular weight excluding hydrogens is 258 g/mol. The van der Waals surface area contributed by atoms with Crippen LogP contribution >= 0.6 is 0 Å². The van der Waals surface area contributed by atoms with Gasteiger partial charge < -0.3 is 15.2 Å². The fourth-order valence-corrected chi connectivity index (χ4v) is 1.46. The molecule has 0 heterocycles. The van der Waals surface area contributed by atoms with E-state index >= 15 is 0 Å². The van der Waals surface area contributed by atoms with E-state index in [1.165, 1.54) is 0 Å². The van der Waals surface area contributed by atoms with Gasteiger partial charge in [0.2, 0.25) is 5.91 Å². The molecule has 1 aromatic carbocycles. The monoisotopic (exact) mass is 279 g/mol. The van der Waals surface area contributed by atoms with E-state index in [2.05, 4.69) is 5.32 Å². The summed E-state index contributed by atoms with van der Waals surface area (Å²) in [5.74, 6) is -0.593. The van der Waals surface area contributed by atoms with E-state index in [-0.39, 0.29) is 12.5 Å². The number of carbonyl (C=O) groups is 2. The Morgan fingerprint density at radius 2 is 2.00 bits per heavy atom. The predicted molar refractivity (Wildman–Crippen MR) is 77.0 cm³/mol. The zero-order valence-corrected chi connectivity index (χ0v) is 12.3. The number of rotatable bonds is 6. The van der Waals surface area contributed by atoms with Gasteiger partial charge in [-0.25, -0.2) is 4.79 Å². The van der Waals surface area contributed by atoms with Crippen LogP contribution in [0.2, 0.25) is 0 Å². The summed E-state index contributed by atoms with van der Waals surface area (Å²) in [6.45, 7) is 7.20. The molecule has 0 saturated carbocycles. The molecule has 0 unspecified atom stereocenters. The van der Waals surface area contributed by atoms with Gasteiger partial charge in [0.1, 0.15) is 5.75 Å². The Hall–Kier alpha value is -2.04. The number of nitrogens with one attached hydrogen (secondary N) is 1. The van der Waals surface area contributed by atoms with Gasteiger partial charge in [-0.15, -0.1) is 0 Å². The Balaban J connectivity index is 2.78. The van der Waals surface area contributed by atoms with Crippen LogP contribution in [0.4, 0.5) is 5.69 Å². The normalized spacial score (nSPS) is 11.0. The van der Waals surface area contributed by atoms with E-state index in [0.29, 0.717) is 11.4 Å². The van der Waals surface area contributed by atoms with Crippen LogP contribution in [0.3, 0.4) is 0 Å². The summed E-state index contributed by atoms with van der Waals surface area (Å²) in [7, 11) is 0. The van der Waals surface area contributed by atoms with Crippen molar-refractivity contribution in [3.05, 3.63) is 23.8 Å². The topological polar surface area (TPSA) is 75.6 Å². The van der Waals surface area contributed by atoms with Crippen molar-refractivity contribution in [1.82, 2.24) is 0 Å². The fourth-order valence-electron chi connectivity index (χ4n) is 1.46. The van der Waals surface area contributed by atoms with Crippen LogP contribution < -0.4 is 10.1 Å². The van der Waals surface area contributed by atoms with Crippen LogP contribution in [0.15, 0.2) is 18.2 Å². The van der Waals surface area contributed by atoms with Gasteiger partial charge in [0.25, 0.3) is 0 Å². The van der Waals surface area contributed by atoms with Crippen LogP contribution in [0.5, 0.6) is 5.75 Å². The molecule has 110 valence electrons. The quantitative estimate of drug-likeness (QED) is 0.839. The maximum atomic E-state index is 12.1. The molecule has 20 heavy (non-hydrogen) atoms. The van der Waals surface area contributed by atoms with E-state index in [9.17, 15) is 9.59 Å². The molecule has 5 heteroatoms. The number of hydrogen-bond donors (Lipinski definition) is 2. The van der Waals surface area contributed by atoms with E-state index < -0.39 is 11.4 Å². The number of ether oxygens (including phenoxy) is 1. The Morgan fingerprint density at radius 1 is 1.35 bits per heavy atom. The molecule has 0 aliphatic carbocycles. The number of carboxylic acids is 1. The second kappa shape index (κ2) is 6.41. The molecular formula is C15H21NO4. The van der Waals surface area contributed by atoms with Gasteiger partial charge in [-0.3, -0.25) is 4.79 Å². The highest BCUT2D eigenvalue weighted by Crippen LogP contribution is 2.26. The van der Waals surface area contributed by atoms with Crippen LogP contribution in [0.25, 0.3) is 0 Å². The number of hydrogen-bond acceptors (Lipinski definition) is 3. The number of benzene rings is 1. The Morgan fingerprint density at radius 3 is 2.50 bits per heavy atom. The lowest BCUT2D eigenvalue weighted by Gasteiger charge is -2.22. The zero-order valence-electron chi connectivity index (χ0n) is 12.3. The van der Waals surface area contributed by atoms with Crippen molar-refractivity contribution in [3.63, 3.8) is 0 Å².